The Labute approximate surface area is 177 Å². The molecule has 0 fully saturated rings. The number of nitrogens with zero attached hydrogens (tertiary/aromatic N) is 2. The molecule has 0 heterocycles. The summed E-state index contributed by atoms with van der Waals surface area (Å²) in [5.41, 5.74) is 1.90. The summed E-state index contributed by atoms with van der Waals surface area (Å²) in [5, 5.41) is 3.23. The quantitative estimate of drug-likeness (QED) is 0.359. The molecule has 27 heavy (non-hydrogen) atoms. The Morgan fingerprint density at radius 2 is 1.63 bits per heavy atom. The van der Waals surface area contributed by atoms with Crippen LogP contribution in [-0.2, 0) is 23.1 Å². The van der Waals surface area contributed by atoms with Crippen LogP contribution in [0.2, 0.25) is 0 Å². The highest BCUT2D eigenvalue weighted by molar-refractivity contribution is 14.0. The summed E-state index contributed by atoms with van der Waals surface area (Å²) in [7, 11) is 1.53. The molecule has 0 aromatic heterocycles. The molecule has 0 spiro atoms. The first kappa shape index (κ1) is 23.3. The van der Waals surface area contributed by atoms with Crippen molar-refractivity contribution in [2.75, 3.05) is 21.1 Å². The number of halogens is 2. The molecule has 0 aliphatic rings. The number of nitrogens with one attached hydrogen (secondary N) is 2. The van der Waals surface area contributed by atoms with E-state index in [1.54, 1.807) is 43.4 Å². The highest BCUT2D eigenvalue weighted by Gasteiger charge is 2.11. The maximum atomic E-state index is 13.0. The average Bonchev–Trinajstić information content (AvgIpc) is 2.64. The number of rotatable bonds is 6. The molecule has 0 bridgehead atoms. The van der Waals surface area contributed by atoms with Crippen molar-refractivity contribution in [1.82, 2.24) is 14.9 Å². The van der Waals surface area contributed by atoms with E-state index in [0.717, 1.165) is 11.1 Å². The van der Waals surface area contributed by atoms with Gasteiger partial charge in [-0.2, -0.15) is 0 Å². The zero-order chi connectivity index (χ0) is 19.2. The van der Waals surface area contributed by atoms with Gasteiger partial charge in [0, 0.05) is 27.2 Å². The number of benzene rings is 2. The minimum Gasteiger partial charge on any atom is -0.352 e. The van der Waals surface area contributed by atoms with Crippen molar-refractivity contribution in [3.05, 3.63) is 65.5 Å². The summed E-state index contributed by atoms with van der Waals surface area (Å²) < 4.78 is 38.7. The van der Waals surface area contributed by atoms with Crippen LogP contribution in [0, 0.1) is 5.82 Å². The van der Waals surface area contributed by atoms with Gasteiger partial charge >= 0.3 is 0 Å². The van der Waals surface area contributed by atoms with E-state index < -0.39 is 10.0 Å². The second-order valence-electron chi connectivity index (χ2n) is 5.73. The smallest absolute Gasteiger partial charge is 0.240 e. The van der Waals surface area contributed by atoms with Crippen molar-refractivity contribution in [2.24, 2.45) is 4.99 Å². The van der Waals surface area contributed by atoms with Crippen molar-refractivity contribution >= 4 is 40.0 Å². The molecule has 148 valence electrons. The number of aliphatic imine (C=N–C) groups is 1. The fourth-order valence-corrected chi connectivity index (χ4v) is 3.14. The van der Waals surface area contributed by atoms with Gasteiger partial charge in [-0.25, -0.2) is 17.5 Å². The summed E-state index contributed by atoms with van der Waals surface area (Å²) in [4.78, 5) is 6.39. The molecule has 0 aliphatic carbocycles. The lowest BCUT2D eigenvalue weighted by Crippen LogP contribution is -2.38. The monoisotopic (exact) mass is 506 g/mol. The lowest BCUT2D eigenvalue weighted by Gasteiger charge is -2.22. The highest BCUT2D eigenvalue weighted by Crippen LogP contribution is 2.10. The van der Waals surface area contributed by atoms with Crippen molar-refractivity contribution in [3.8, 4) is 0 Å². The predicted molar refractivity (Wildman–Crippen MR) is 116 cm³/mol. The Hall–Kier alpha value is -1.72. The summed E-state index contributed by atoms with van der Waals surface area (Å²) in [6.07, 6.45) is 0. The average molecular weight is 506 g/mol. The van der Waals surface area contributed by atoms with Crippen LogP contribution in [0.1, 0.15) is 11.1 Å². The van der Waals surface area contributed by atoms with E-state index in [-0.39, 0.29) is 34.7 Å². The molecule has 0 atom stereocenters. The first-order valence-corrected chi connectivity index (χ1v) is 9.52. The van der Waals surface area contributed by atoms with Crippen LogP contribution >= 0.6 is 24.0 Å². The molecule has 0 saturated heterocycles. The van der Waals surface area contributed by atoms with Crippen LogP contribution in [0.15, 0.2) is 58.4 Å². The summed E-state index contributed by atoms with van der Waals surface area (Å²) in [6.45, 7) is 1.08. The van der Waals surface area contributed by atoms with Gasteiger partial charge in [-0.1, -0.05) is 24.3 Å². The summed E-state index contributed by atoms with van der Waals surface area (Å²) >= 11 is 0. The molecule has 0 aliphatic heterocycles. The van der Waals surface area contributed by atoms with E-state index in [2.05, 4.69) is 15.0 Å². The van der Waals surface area contributed by atoms with Crippen LogP contribution in [-0.4, -0.2) is 40.4 Å². The van der Waals surface area contributed by atoms with Gasteiger partial charge < -0.3 is 10.2 Å². The molecule has 6 nitrogen and oxygen atoms in total. The van der Waals surface area contributed by atoms with Crippen LogP contribution < -0.4 is 10.0 Å². The normalized spacial score (nSPS) is 11.6. The summed E-state index contributed by atoms with van der Waals surface area (Å²) in [6, 6.07) is 13.0. The Morgan fingerprint density at radius 3 is 2.15 bits per heavy atom. The van der Waals surface area contributed by atoms with Crippen LogP contribution in [0.4, 0.5) is 4.39 Å². The van der Waals surface area contributed by atoms with Gasteiger partial charge in [0.05, 0.1) is 4.90 Å². The van der Waals surface area contributed by atoms with Crippen molar-refractivity contribution in [2.45, 2.75) is 18.0 Å². The largest absolute Gasteiger partial charge is 0.352 e. The third-order valence-corrected chi connectivity index (χ3v) is 5.29. The highest BCUT2D eigenvalue weighted by atomic mass is 127. The minimum absolute atomic E-state index is 0. The second kappa shape index (κ2) is 10.6. The Balaban J connectivity index is 0.00000364. The van der Waals surface area contributed by atoms with Gasteiger partial charge in [0.25, 0.3) is 0 Å². The number of guanidine groups is 1. The Morgan fingerprint density at radius 1 is 1.07 bits per heavy atom. The van der Waals surface area contributed by atoms with E-state index in [1.165, 1.54) is 19.2 Å². The van der Waals surface area contributed by atoms with Gasteiger partial charge in [0.1, 0.15) is 5.82 Å². The molecule has 0 saturated carbocycles. The Bertz CT molecular complexity index is 856. The SMILES string of the molecule is CN=C(NCc1ccc(S(=O)(=O)NC)cc1)N(C)Cc1ccc(F)cc1.I. The topological polar surface area (TPSA) is 73.8 Å². The molecule has 2 aromatic carbocycles. The number of hydrogen-bond acceptors (Lipinski definition) is 3. The fraction of sp³-hybridized carbons (Fsp3) is 0.278. The molecule has 2 N–H and O–H groups in total. The van der Waals surface area contributed by atoms with Crippen LogP contribution in [0.5, 0.6) is 0 Å². The van der Waals surface area contributed by atoms with Gasteiger partial charge in [-0.05, 0) is 42.4 Å². The maximum absolute atomic E-state index is 13.0. The van der Waals surface area contributed by atoms with Crippen LogP contribution in [0.25, 0.3) is 0 Å². The molecule has 0 amide bonds. The lowest BCUT2D eigenvalue weighted by atomic mass is 10.2. The Kier molecular flexibility index (Phi) is 9.13. The number of sulfonamides is 1. The van der Waals surface area contributed by atoms with Gasteiger partial charge in [0.2, 0.25) is 10.0 Å². The van der Waals surface area contributed by atoms with Gasteiger partial charge in [-0.15, -0.1) is 24.0 Å². The number of hydrogen-bond donors (Lipinski definition) is 2. The zero-order valence-electron chi connectivity index (χ0n) is 15.4. The lowest BCUT2D eigenvalue weighted by molar-refractivity contribution is 0.476. The van der Waals surface area contributed by atoms with E-state index in [0.29, 0.717) is 19.0 Å². The summed E-state index contributed by atoms with van der Waals surface area (Å²) in [5.74, 6) is 0.420. The van der Waals surface area contributed by atoms with E-state index >= 15 is 0 Å². The molecule has 9 heteroatoms. The van der Waals surface area contributed by atoms with E-state index in [9.17, 15) is 12.8 Å². The first-order chi connectivity index (χ1) is 12.4. The van der Waals surface area contributed by atoms with Crippen molar-refractivity contribution in [3.63, 3.8) is 0 Å². The van der Waals surface area contributed by atoms with Crippen molar-refractivity contribution < 1.29 is 12.8 Å². The fourth-order valence-electron chi connectivity index (χ4n) is 2.41. The first-order valence-electron chi connectivity index (χ1n) is 8.04. The molecule has 0 radical (unpaired) electrons. The van der Waals surface area contributed by atoms with Crippen LogP contribution in [0.3, 0.4) is 0 Å². The third-order valence-electron chi connectivity index (χ3n) is 3.86. The molecule has 2 rings (SSSR count). The minimum atomic E-state index is -3.43. The predicted octanol–water partition coefficient (Wildman–Crippen LogP) is 2.56. The van der Waals surface area contributed by atoms with Gasteiger partial charge in [-0.3, -0.25) is 4.99 Å². The molecule has 2 aromatic rings. The standard InChI is InChI=1S/C18H23FN4O2S.HI/c1-20-18(23(3)13-15-4-8-16(19)9-5-15)22-12-14-6-10-17(11-7-14)26(24,25)21-2;/h4-11,21H,12-13H2,1-3H3,(H,20,22);1H. The third kappa shape index (κ3) is 6.74. The van der Waals surface area contributed by atoms with E-state index in [4.69, 9.17) is 0 Å². The van der Waals surface area contributed by atoms with E-state index in [1.807, 2.05) is 11.9 Å². The zero-order valence-corrected chi connectivity index (χ0v) is 18.6. The van der Waals surface area contributed by atoms with Gasteiger partial charge in [0.15, 0.2) is 5.96 Å². The molecule has 0 unspecified atom stereocenters. The second-order valence-corrected chi connectivity index (χ2v) is 7.62. The maximum Gasteiger partial charge on any atom is 0.240 e. The molecular formula is C18H24FIN4O2S. The molecular weight excluding hydrogens is 482 g/mol. The van der Waals surface area contributed by atoms with Crippen molar-refractivity contribution in [1.29, 1.82) is 0 Å².